The molecule has 4 aromatic heterocycles. The van der Waals surface area contributed by atoms with Crippen LogP contribution in [-0.4, -0.2) is 59.4 Å². The number of hydrogen-bond acceptors (Lipinski definition) is 6. The van der Waals surface area contributed by atoms with E-state index in [0.717, 1.165) is 73.9 Å². The summed E-state index contributed by atoms with van der Waals surface area (Å²) in [6.45, 7) is 3.18. The summed E-state index contributed by atoms with van der Waals surface area (Å²) in [6, 6.07) is 12.6. The minimum Gasteiger partial charge on any atom is -0.344 e. The van der Waals surface area contributed by atoms with Gasteiger partial charge in [-0.3, -0.25) is 9.59 Å². The highest BCUT2D eigenvalue weighted by molar-refractivity contribution is 6.29. The Bertz CT molecular complexity index is 2280. The number of carbonyl (C=O) groups is 2. The number of nitrogens with zero attached hydrogens (tertiary/aromatic N) is 6. The maximum absolute atomic E-state index is 16.3. The van der Waals surface area contributed by atoms with E-state index < -0.39 is 5.82 Å². The highest BCUT2D eigenvalue weighted by Gasteiger charge is 2.42. The largest absolute Gasteiger partial charge is 0.344 e. The number of aromatic nitrogens is 5. The van der Waals surface area contributed by atoms with Crippen molar-refractivity contribution in [1.82, 2.24) is 34.3 Å². The molecule has 0 radical (unpaired) electrons. The van der Waals surface area contributed by atoms with Gasteiger partial charge in [0.2, 0.25) is 0 Å². The molecule has 3 aliphatic carbocycles. The Hall–Kier alpha value is -4.35. The van der Waals surface area contributed by atoms with Crippen LogP contribution >= 0.6 is 11.6 Å². The van der Waals surface area contributed by atoms with Crippen molar-refractivity contribution in [1.29, 1.82) is 0 Å². The van der Waals surface area contributed by atoms with E-state index in [1.165, 1.54) is 6.07 Å². The van der Waals surface area contributed by atoms with Gasteiger partial charge in [-0.2, -0.15) is 0 Å². The van der Waals surface area contributed by atoms with Gasteiger partial charge >= 0.3 is 0 Å². The summed E-state index contributed by atoms with van der Waals surface area (Å²) in [5.74, 6) is 1.24. The van der Waals surface area contributed by atoms with Crippen molar-refractivity contribution in [3.63, 3.8) is 0 Å². The maximum Gasteiger partial charge on any atom is 0.254 e. The Morgan fingerprint density at radius 2 is 1.78 bits per heavy atom. The second-order valence-corrected chi connectivity index (χ2v) is 16.0. The number of hydrogen-bond donors (Lipinski definition) is 2. The number of halogens is 2. The summed E-state index contributed by atoms with van der Waals surface area (Å²) in [5.41, 5.74) is 11.4. The Kier molecular flexibility index (Phi) is 7.13. The molecule has 2 amide bonds. The van der Waals surface area contributed by atoms with Gasteiger partial charge in [0.25, 0.3) is 11.8 Å². The first-order chi connectivity index (χ1) is 24.7. The van der Waals surface area contributed by atoms with Crippen molar-refractivity contribution >= 4 is 45.5 Å². The number of likely N-dealkylation sites (tertiary alicyclic amines) is 1. The van der Waals surface area contributed by atoms with E-state index in [0.29, 0.717) is 69.6 Å². The monoisotopic (exact) mass is 706 g/mol. The quantitative estimate of drug-likeness (QED) is 0.204. The molecule has 2 aliphatic heterocycles. The lowest BCUT2D eigenvalue weighted by Gasteiger charge is -2.37. The van der Waals surface area contributed by atoms with Crippen molar-refractivity contribution in [3.05, 3.63) is 75.9 Å². The molecular formula is C39H40ClFN8O2. The van der Waals surface area contributed by atoms with E-state index in [4.69, 9.17) is 27.3 Å². The van der Waals surface area contributed by atoms with E-state index in [2.05, 4.69) is 25.5 Å². The molecule has 1 aromatic carbocycles. The predicted octanol–water partition coefficient (Wildman–Crippen LogP) is 6.60. The number of nitrogens with two attached hydrogens (primary N) is 1. The normalized spacial score (nSPS) is 27.4. The van der Waals surface area contributed by atoms with Gasteiger partial charge in [-0.05, 0) is 119 Å². The molecule has 6 heterocycles. The van der Waals surface area contributed by atoms with Crippen LogP contribution in [0.4, 0.5) is 4.39 Å². The van der Waals surface area contributed by atoms with Crippen molar-refractivity contribution in [2.45, 2.75) is 89.0 Å². The van der Waals surface area contributed by atoms with Crippen LogP contribution in [-0.2, 0) is 13.0 Å². The highest BCUT2D eigenvalue weighted by atomic mass is 35.5. The number of carbonyl (C=O) groups excluding carboxylic acids is 2. The van der Waals surface area contributed by atoms with Crippen LogP contribution in [0, 0.1) is 23.6 Å². The first kappa shape index (κ1) is 31.4. The second-order valence-electron chi connectivity index (χ2n) is 15.6. The predicted molar refractivity (Wildman–Crippen MR) is 192 cm³/mol. The number of nitrogens with one attached hydrogen (secondary N) is 1. The van der Waals surface area contributed by atoms with Crippen LogP contribution in [0.3, 0.4) is 0 Å². The molecular weight excluding hydrogens is 667 g/mol. The average molecular weight is 707 g/mol. The smallest absolute Gasteiger partial charge is 0.254 e. The Labute approximate surface area is 299 Å². The van der Waals surface area contributed by atoms with Crippen LogP contribution in [0.2, 0.25) is 5.15 Å². The van der Waals surface area contributed by atoms with Crippen LogP contribution in [0.1, 0.15) is 96.1 Å². The lowest BCUT2D eigenvalue weighted by Crippen LogP contribution is -2.51. The SMILES string of the molecule is C[C@H]1NC(=O)c2ccc(Cl)nc2CC[C@H]2C[C@@H]2Cn2c(-c3nc4cc(C(=O)N5C[C@H](N)[C@@H]6CC[C@H]5C6)cc(F)c4n3C3CC3)cc3ccc1nc32. The molecule has 262 valence electrons. The zero-order chi connectivity index (χ0) is 34.7. The van der Waals surface area contributed by atoms with Gasteiger partial charge in [0, 0.05) is 42.2 Å². The van der Waals surface area contributed by atoms with Crippen molar-refractivity contribution < 1.29 is 14.0 Å². The summed E-state index contributed by atoms with van der Waals surface area (Å²) in [7, 11) is 0. The number of rotatable bonds is 3. The minimum atomic E-state index is -0.426. The van der Waals surface area contributed by atoms with E-state index >= 15 is 4.39 Å². The van der Waals surface area contributed by atoms with E-state index in [-0.39, 0.29) is 36.0 Å². The number of fused-ring (bicyclic) bond motifs is 6. The molecule has 12 heteroatoms. The molecule has 51 heavy (non-hydrogen) atoms. The summed E-state index contributed by atoms with van der Waals surface area (Å²) < 4.78 is 20.6. The van der Waals surface area contributed by atoms with Crippen LogP contribution < -0.4 is 11.1 Å². The molecule has 5 aromatic rings. The average Bonchev–Trinajstić information content (AvgIpc) is 3.97. The molecule has 3 saturated carbocycles. The zero-order valence-electron chi connectivity index (χ0n) is 28.5. The first-order valence-corrected chi connectivity index (χ1v) is 18.8. The summed E-state index contributed by atoms with van der Waals surface area (Å²) >= 11 is 6.27. The molecule has 0 unspecified atom stereocenters. The Balaban J connectivity index is 1.07. The van der Waals surface area contributed by atoms with Crippen LogP contribution in [0.5, 0.6) is 0 Å². The standard InChI is InChI=1S/C39H40ClFN8O2/c1-19-30-9-4-22-16-33(48(36(22)45-30)17-24-12-20(24)3-10-31-27(38(50)43-19)8-11-34(40)44-31)37-46-32-15-23(14-28(41)35(32)49(37)25-6-7-25)39(51)47-18-29(42)21-2-5-26(47)13-21/h4,8-9,11,14-16,19-21,24-26,29H,2-3,5-7,10,12-13,17-18,42H2,1H3,(H,43,50)/t19-,20+,21-,24-,26+,29+/m1/s1. The third-order valence-corrected chi connectivity index (χ3v) is 12.5. The molecule has 3 N–H and O–H groups in total. The van der Waals surface area contributed by atoms with Crippen molar-refractivity contribution in [2.75, 3.05) is 6.54 Å². The van der Waals surface area contributed by atoms with Crippen molar-refractivity contribution in [3.8, 4) is 11.5 Å². The van der Waals surface area contributed by atoms with Gasteiger partial charge in [-0.15, -0.1) is 0 Å². The van der Waals surface area contributed by atoms with Gasteiger partial charge in [0.1, 0.15) is 22.1 Å². The third kappa shape index (κ3) is 5.26. The number of imidazole rings is 1. The van der Waals surface area contributed by atoms with Crippen LogP contribution in [0.25, 0.3) is 33.6 Å². The Morgan fingerprint density at radius 1 is 0.941 bits per heavy atom. The second kappa shape index (κ2) is 11.6. The van der Waals surface area contributed by atoms with E-state index in [9.17, 15) is 9.59 Å². The van der Waals surface area contributed by atoms with Gasteiger partial charge in [0.15, 0.2) is 5.82 Å². The number of amides is 2. The summed E-state index contributed by atoms with van der Waals surface area (Å²) in [4.78, 5) is 44.0. The fraction of sp³-hybridized carbons (Fsp3) is 0.462. The molecule has 6 atom stereocenters. The van der Waals surface area contributed by atoms with Gasteiger partial charge in [-0.25, -0.2) is 19.3 Å². The fourth-order valence-electron chi connectivity index (χ4n) is 9.20. The van der Waals surface area contributed by atoms with Gasteiger partial charge < -0.3 is 25.1 Å². The Morgan fingerprint density at radius 3 is 2.63 bits per heavy atom. The molecule has 4 fully saturated rings. The lowest BCUT2D eigenvalue weighted by atomic mass is 9.94. The van der Waals surface area contributed by atoms with E-state index in [1.807, 2.05) is 24.0 Å². The van der Waals surface area contributed by atoms with Gasteiger partial charge in [0.05, 0.1) is 34.2 Å². The molecule has 5 aliphatic rings. The van der Waals surface area contributed by atoms with Crippen molar-refractivity contribution in [2.24, 2.45) is 23.5 Å². The summed E-state index contributed by atoms with van der Waals surface area (Å²) in [5, 5.41) is 4.47. The molecule has 0 spiro atoms. The fourth-order valence-corrected chi connectivity index (χ4v) is 9.36. The first-order valence-electron chi connectivity index (χ1n) is 18.4. The summed E-state index contributed by atoms with van der Waals surface area (Å²) in [6.07, 6.45) is 7.40. The third-order valence-electron chi connectivity index (χ3n) is 12.3. The molecule has 1 saturated heterocycles. The number of benzene rings is 1. The zero-order valence-corrected chi connectivity index (χ0v) is 29.2. The topological polar surface area (TPSA) is 124 Å². The molecule has 10 rings (SSSR count). The molecule has 10 nitrogen and oxygen atoms in total. The lowest BCUT2D eigenvalue weighted by molar-refractivity contribution is 0.0603. The number of piperidine rings is 1. The van der Waals surface area contributed by atoms with E-state index in [1.54, 1.807) is 18.2 Å². The highest BCUT2D eigenvalue weighted by Crippen LogP contribution is 2.47. The maximum atomic E-state index is 16.3. The number of pyridine rings is 2. The van der Waals surface area contributed by atoms with Crippen LogP contribution in [0.15, 0.2) is 42.5 Å². The molecule has 4 bridgehead atoms. The number of aryl methyl sites for hydroxylation is 1. The minimum absolute atomic E-state index is 0.0443. The van der Waals surface area contributed by atoms with Gasteiger partial charge in [-0.1, -0.05) is 11.6 Å².